The maximum atomic E-state index is 16.8. The quantitative estimate of drug-likeness (QED) is 0.292. The van der Waals surface area contributed by atoms with Crippen LogP contribution in [0.15, 0.2) is 12.1 Å². The summed E-state index contributed by atoms with van der Waals surface area (Å²) in [4.78, 5) is 38.8. The van der Waals surface area contributed by atoms with Gasteiger partial charge in [0.25, 0.3) is 5.91 Å². The number of ether oxygens (including phenoxy) is 2. The second kappa shape index (κ2) is 10.3. The van der Waals surface area contributed by atoms with Crippen LogP contribution < -0.4 is 30.7 Å². The van der Waals surface area contributed by atoms with Gasteiger partial charge in [-0.05, 0) is 38.3 Å². The molecule has 0 saturated carbocycles. The van der Waals surface area contributed by atoms with E-state index < -0.39 is 58.6 Å². The van der Waals surface area contributed by atoms with Gasteiger partial charge in [-0.25, -0.2) is 18.7 Å². The fourth-order valence-corrected chi connectivity index (χ4v) is 6.89. The van der Waals surface area contributed by atoms with Gasteiger partial charge >= 0.3 is 6.36 Å². The molecule has 2 amide bonds. The third-order valence-corrected chi connectivity index (χ3v) is 8.68. The molecule has 16 heteroatoms. The predicted octanol–water partition coefficient (Wildman–Crippen LogP) is 3.27. The topological polar surface area (TPSA) is 135 Å². The third kappa shape index (κ3) is 4.73. The first-order valence-electron chi connectivity index (χ1n) is 14.1. The number of fused-ring (bicyclic) bond motifs is 5. The van der Waals surface area contributed by atoms with Crippen LogP contribution in [0, 0.1) is 18.6 Å². The zero-order chi connectivity index (χ0) is 32.7. The van der Waals surface area contributed by atoms with Crippen LogP contribution >= 0.6 is 0 Å². The number of likely N-dealkylation sites (N-methyl/N-ethyl adjacent to an activating group) is 1. The number of carbonyl (C=O) groups is 2. The number of aryl methyl sites for hydroxylation is 1. The number of pyridine rings is 2. The van der Waals surface area contributed by atoms with E-state index in [0.717, 1.165) is 6.07 Å². The first-order chi connectivity index (χ1) is 21.1. The molecule has 4 N–H and O–H groups in total. The summed E-state index contributed by atoms with van der Waals surface area (Å²) in [6.45, 7) is 3.26. The van der Waals surface area contributed by atoms with Crippen molar-refractivity contribution >= 4 is 34.1 Å². The Bertz CT molecular complexity index is 1770. The number of amides is 2. The van der Waals surface area contributed by atoms with Crippen LogP contribution in [0.4, 0.5) is 33.5 Å². The molecule has 5 heterocycles. The molecule has 45 heavy (non-hydrogen) atoms. The molecule has 2 fully saturated rings. The summed E-state index contributed by atoms with van der Waals surface area (Å²) < 4.78 is 82.1. The highest BCUT2D eigenvalue weighted by molar-refractivity contribution is 6.07. The molecule has 0 aliphatic carbocycles. The van der Waals surface area contributed by atoms with Crippen LogP contribution in [0.2, 0.25) is 0 Å². The highest BCUT2D eigenvalue weighted by atomic mass is 19.4. The molecular weight excluding hydrogens is 605 g/mol. The Labute approximate surface area is 253 Å². The van der Waals surface area contributed by atoms with Gasteiger partial charge in [-0.15, -0.1) is 13.2 Å². The number of aromatic nitrogens is 2. The number of rotatable bonds is 4. The second-order valence-corrected chi connectivity index (χ2v) is 11.8. The Morgan fingerprint density at radius 1 is 1.22 bits per heavy atom. The number of alkyl halides is 3. The zero-order valence-corrected chi connectivity index (χ0v) is 24.9. The van der Waals surface area contributed by atoms with E-state index in [1.807, 2.05) is 4.90 Å². The van der Waals surface area contributed by atoms with E-state index in [1.165, 1.54) is 18.9 Å². The van der Waals surface area contributed by atoms with Crippen molar-refractivity contribution in [1.29, 1.82) is 0 Å². The van der Waals surface area contributed by atoms with E-state index in [1.54, 1.807) is 21.0 Å². The number of nitrogens with one attached hydrogen (secondary N) is 2. The first kappa shape index (κ1) is 30.6. The minimum atomic E-state index is -5.33. The van der Waals surface area contributed by atoms with Crippen LogP contribution in [-0.2, 0) is 4.79 Å². The fourth-order valence-electron chi connectivity index (χ4n) is 6.89. The molecule has 0 spiro atoms. The summed E-state index contributed by atoms with van der Waals surface area (Å²) in [5.74, 6) is -4.92. The van der Waals surface area contributed by atoms with Crippen LogP contribution in [0.5, 0.6) is 11.6 Å². The van der Waals surface area contributed by atoms with Gasteiger partial charge < -0.3 is 30.3 Å². The number of nitrogen functional groups attached to an aromatic ring is 1. The third-order valence-electron chi connectivity index (χ3n) is 8.68. The number of hydrogen-bond acceptors (Lipinski definition) is 9. The average molecular weight is 636 g/mol. The Morgan fingerprint density at radius 3 is 2.58 bits per heavy atom. The number of carbonyl (C=O) groups excluding carboxylic acids is 2. The summed E-state index contributed by atoms with van der Waals surface area (Å²) in [5.41, 5.74) is 2.86. The number of anilines is 2. The Hall–Kier alpha value is -4.47. The predicted molar refractivity (Wildman–Crippen MR) is 153 cm³/mol. The molecule has 1 aromatic carbocycles. The summed E-state index contributed by atoms with van der Waals surface area (Å²) in [6, 6.07) is 0.765. The Morgan fingerprint density at radius 2 is 1.93 bits per heavy atom. The molecule has 4 atom stereocenters. The molecule has 2 saturated heterocycles. The summed E-state index contributed by atoms with van der Waals surface area (Å²) in [5, 5.41) is 5.76. The second-order valence-electron chi connectivity index (χ2n) is 11.8. The lowest BCUT2D eigenvalue weighted by Gasteiger charge is -2.47. The van der Waals surface area contributed by atoms with Crippen molar-refractivity contribution in [1.82, 2.24) is 25.5 Å². The standard InChI is InChI=1S/C29H30F5N7O4/c1-11-17-18-24(37-20(11)25(42)36-3)41-10-28(27(43)40(4)5)7-6-16(39-28)22(41)12(2)44-26(18)38-21(19(17)31)14-8-13(35)9-15(30)23(14)45-29(32,33)34/h8-9,12,16,22,39H,6-7,10,35H2,1-5H3,(H,36,42)/t12-,16-,22+,28+/m0/s1. The van der Waals surface area contributed by atoms with Crippen molar-refractivity contribution in [3.05, 3.63) is 35.0 Å². The maximum absolute atomic E-state index is 16.8. The van der Waals surface area contributed by atoms with Gasteiger partial charge in [0.2, 0.25) is 11.8 Å². The normalized spacial score (nSPS) is 23.7. The van der Waals surface area contributed by atoms with Crippen molar-refractivity contribution in [2.75, 3.05) is 38.3 Å². The van der Waals surface area contributed by atoms with E-state index in [2.05, 4.69) is 25.3 Å². The lowest BCUT2D eigenvalue weighted by atomic mass is 9.92. The average Bonchev–Trinajstić information content (AvgIpc) is 3.25. The number of benzene rings is 1. The minimum Gasteiger partial charge on any atom is -0.472 e. The van der Waals surface area contributed by atoms with Crippen LogP contribution in [-0.4, -0.2) is 84.5 Å². The van der Waals surface area contributed by atoms with E-state index in [9.17, 15) is 27.2 Å². The van der Waals surface area contributed by atoms with Crippen LogP contribution in [0.25, 0.3) is 22.0 Å². The number of halogens is 5. The lowest BCUT2D eigenvalue weighted by molar-refractivity contribution is -0.275. The van der Waals surface area contributed by atoms with Crippen molar-refractivity contribution in [2.45, 2.75) is 56.8 Å². The lowest BCUT2D eigenvalue weighted by Crippen LogP contribution is -2.71. The summed E-state index contributed by atoms with van der Waals surface area (Å²) >= 11 is 0. The van der Waals surface area contributed by atoms with E-state index in [4.69, 9.17) is 10.5 Å². The van der Waals surface area contributed by atoms with Crippen LogP contribution in [0.1, 0.15) is 35.8 Å². The molecule has 0 unspecified atom stereocenters. The monoisotopic (exact) mass is 635 g/mol. The van der Waals surface area contributed by atoms with Gasteiger partial charge in [-0.1, -0.05) is 0 Å². The van der Waals surface area contributed by atoms with Gasteiger partial charge in [-0.3, -0.25) is 14.9 Å². The summed E-state index contributed by atoms with van der Waals surface area (Å²) in [6.07, 6.45) is -4.91. The highest BCUT2D eigenvalue weighted by Crippen LogP contribution is 2.48. The molecule has 3 aliphatic heterocycles. The minimum absolute atomic E-state index is 0.0325. The molecule has 240 valence electrons. The largest absolute Gasteiger partial charge is 0.573 e. The molecule has 3 aromatic rings. The maximum Gasteiger partial charge on any atom is 0.573 e. The van der Waals surface area contributed by atoms with Gasteiger partial charge in [-0.2, -0.15) is 0 Å². The molecule has 0 radical (unpaired) electrons. The van der Waals surface area contributed by atoms with Gasteiger partial charge in [0.15, 0.2) is 17.4 Å². The highest BCUT2D eigenvalue weighted by Gasteiger charge is 2.57. The molecule has 6 rings (SSSR count). The number of piperazine rings is 1. The van der Waals surface area contributed by atoms with Crippen molar-refractivity contribution in [2.24, 2.45) is 0 Å². The molecule has 2 aromatic heterocycles. The smallest absolute Gasteiger partial charge is 0.472 e. The van der Waals surface area contributed by atoms with Crippen molar-refractivity contribution in [3.63, 3.8) is 0 Å². The first-order valence-corrected chi connectivity index (χ1v) is 14.1. The molecular formula is C29H30F5N7O4. The molecule has 11 nitrogen and oxygen atoms in total. The Balaban J connectivity index is 1.67. The summed E-state index contributed by atoms with van der Waals surface area (Å²) in [7, 11) is 4.65. The number of nitrogens with zero attached hydrogens (tertiary/aromatic N) is 4. The number of hydrogen-bond donors (Lipinski definition) is 3. The fraction of sp³-hybridized carbons (Fsp3) is 0.448. The van der Waals surface area contributed by atoms with Crippen molar-refractivity contribution in [3.8, 4) is 22.9 Å². The molecule has 3 aliphatic rings. The number of nitrogens with two attached hydrogens (primary N) is 1. The molecule has 2 bridgehead atoms. The van der Waals surface area contributed by atoms with Crippen LogP contribution in [0.3, 0.4) is 0 Å². The van der Waals surface area contributed by atoms with Gasteiger partial charge in [0.05, 0.1) is 17.0 Å². The SMILES string of the molecule is CNC(=O)c1nc2c3c(nc(-c4cc(N)cc(F)c4OC(F)(F)F)c(F)c3c1C)O[C@@H](C)[C@@H]1[C@@H]3CC[C@](C(=O)N(C)C)(CN21)N3. The van der Waals surface area contributed by atoms with Crippen molar-refractivity contribution < 1.29 is 41.0 Å². The van der Waals surface area contributed by atoms with Gasteiger partial charge in [0.1, 0.15) is 28.8 Å². The van der Waals surface area contributed by atoms with E-state index in [-0.39, 0.29) is 57.9 Å². The van der Waals surface area contributed by atoms with E-state index >= 15 is 4.39 Å². The van der Waals surface area contributed by atoms with Gasteiger partial charge in [0, 0.05) is 50.9 Å². The Kier molecular flexibility index (Phi) is 6.98. The van der Waals surface area contributed by atoms with E-state index in [0.29, 0.717) is 18.9 Å². The zero-order valence-electron chi connectivity index (χ0n) is 24.9.